The zero-order valence-electron chi connectivity index (χ0n) is 11.3. The molecule has 4 nitrogen and oxygen atoms in total. The van der Waals surface area contributed by atoms with Crippen LogP contribution in [0.3, 0.4) is 0 Å². The second-order valence-corrected chi connectivity index (χ2v) is 6.48. The van der Waals surface area contributed by atoms with Crippen LogP contribution in [-0.2, 0) is 9.53 Å². The van der Waals surface area contributed by atoms with Gasteiger partial charge >= 0.3 is 5.97 Å². The van der Waals surface area contributed by atoms with Crippen LogP contribution in [0.5, 0.6) is 0 Å². The van der Waals surface area contributed by atoms with E-state index in [4.69, 9.17) is 4.74 Å². The monoisotopic (exact) mass is 246 g/mol. The summed E-state index contributed by atoms with van der Waals surface area (Å²) in [5.41, 5.74) is 0. The van der Waals surface area contributed by atoms with Gasteiger partial charge in [-0.25, -0.2) is 0 Å². The molecule has 0 N–H and O–H groups in total. The summed E-state index contributed by atoms with van der Waals surface area (Å²) in [4.78, 5) is 10.9. The standard InChI is InChI=1S/C11H26N2O2Si/c1-6-12(7-2)16(10-15-11(5)14)13(8-3)9-4/h16H,6-10H2,1-5H3. The molecule has 0 saturated carbocycles. The summed E-state index contributed by atoms with van der Waals surface area (Å²) in [5, 5.41) is 0. The number of hydrogen-bond acceptors (Lipinski definition) is 4. The Morgan fingerprint density at radius 1 is 1.00 bits per heavy atom. The lowest BCUT2D eigenvalue weighted by Crippen LogP contribution is -2.55. The van der Waals surface area contributed by atoms with Crippen LogP contribution >= 0.6 is 0 Å². The molecule has 0 heterocycles. The molecule has 0 amide bonds. The van der Waals surface area contributed by atoms with Crippen molar-refractivity contribution in [1.82, 2.24) is 9.13 Å². The minimum absolute atomic E-state index is 0.170. The van der Waals surface area contributed by atoms with E-state index in [1.807, 2.05) is 0 Å². The third kappa shape index (κ3) is 5.09. The molecular weight excluding hydrogens is 220 g/mol. The first-order chi connectivity index (χ1) is 7.60. The van der Waals surface area contributed by atoms with Gasteiger partial charge in [-0.05, 0) is 26.2 Å². The molecule has 0 aromatic carbocycles. The zero-order chi connectivity index (χ0) is 12.6. The summed E-state index contributed by atoms with van der Waals surface area (Å²) < 4.78 is 10.1. The molecule has 0 aliphatic rings. The van der Waals surface area contributed by atoms with E-state index in [2.05, 4.69) is 36.8 Å². The molecule has 16 heavy (non-hydrogen) atoms. The summed E-state index contributed by atoms with van der Waals surface area (Å²) in [6.45, 7) is 14.3. The van der Waals surface area contributed by atoms with Crippen molar-refractivity contribution < 1.29 is 9.53 Å². The fraction of sp³-hybridized carbons (Fsp3) is 0.909. The molecule has 0 bridgehead atoms. The summed E-state index contributed by atoms with van der Waals surface area (Å²) >= 11 is 0. The maximum Gasteiger partial charge on any atom is 0.302 e. The molecule has 0 unspecified atom stereocenters. The first-order valence-electron chi connectivity index (χ1n) is 6.21. The molecule has 96 valence electrons. The average molecular weight is 246 g/mol. The van der Waals surface area contributed by atoms with E-state index in [0.29, 0.717) is 6.23 Å². The molecule has 0 aliphatic heterocycles. The Morgan fingerprint density at radius 3 is 1.62 bits per heavy atom. The molecular formula is C11H26N2O2Si. The Labute approximate surface area is 101 Å². The molecule has 0 spiro atoms. The molecule has 5 heteroatoms. The van der Waals surface area contributed by atoms with Crippen molar-refractivity contribution in [2.45, 2.75) is 34.6 Å². The number of hydrogen-bond donors (Lipinski definition) is 0. The van der Waals surface area contributed by atoms with Gasteiger partial charge in [0.25, 0.3) is 0 Å². The number of rotatable bonds is 8. The van der Waals surface area contributed by atoms with Gasteiger partial charge in [0.2, 0.25) is 9.12 Å². The third-order valence-corrected chi connectivity index (χ3v) is 6.51. The molecule has 0 radical (unpaired) electrons. The van der Waals surface area contributed by atoms with Gasteiger partial charge in [0.1, 0.15) is 6.23 Å². The van der Waals surface area contributed by atoms with Crippen molar-refractivity contribution in [2.75, 3.05) is 32.4 Å². The SMILES string of the molecule is CCN(CC)[SiH](COC(C)=O)N(CC)CC. The molecule has 0 aromatic rings. The second kappa shape index (κ2) is 8.72. The lowest BCUT2D eigenvalue weighted by Gasteiger charge is -2.35. The quantitative estimate of drug-likeness (QED) is 0.472. The van der Waals surface area contributed by atoms with Crippen molar-refractivity contribution in [3.63, 3.8) is 0 Å². The second-order valence-electron chi connectivity index (χ2n) is 3.73. The van der Waals surface area contributed by atoms with Gasteiger partial charge in [-0.15, -0.1) is 0 Å². The first-order valence-corrected chi connectivity index (χ1v) is 8.06. The number of carbonyl (C=O) groups is 1. The van der Waals surface area contributed by atoms with Crippen LogP contribution in [0.1, 0.15) is 34.6 Å². The fourth-order valence-corrected chi connectivity index (χ4v) is 4.88. The van der Waals surface area contributed by atoms with Crippen molar-refractivity contribution in [1.29, 1.82) is 0 Å². The van der Waals surface area contributed by atoms with Crippen LogP contribution in [0, 0.1) is 0 Å². The zero-order valence-corrected chi connectivity index (χ0v) is 12.5. The molecule has 0 saturated heterocycles. The highest BCUT2D eigenvalue weighted by Crippen LogP contribution is 2.03. The van der Waals surface area contributed by atoms with E-state index in [-0.39, 0.29) is 5.97 Å². The Hall–Kier alpha value is -0.393. The van der Waals surface area contributed by atoms with Gasteiger partial charge in [0, 0.05) is 6.92 Å². The van der Waals surface area contributed by atoms with E-state index in [9.17, 15) is 4.79 Å². The van der Waals surface area contributed by atoms with E-state index in [1.54, 1.807) is 0 Å². The van der Waals surface area contributed by atoms with Crippen molar-refractivity contribution in [3.05, 3.63) is 0 Å². The van der Waals surface area contributed by atoms with Gasteiger partial charge in [0.15, 0.2) is 0 Å². The number of nitrogens with zero attached hydrogens (tertiary/aromatic N) is 2. The number of ether oxygens (including phenoxy) is 1. The van der Waals surface area contributed by atoms with Crippen molar-refractivity contribution in [2.24, 2.45) is 0 Å². The smallest absolute Gasteiger partial charge is 0.302 e. The summed E-state index contributed by atoms with van der Waals surface area (Å²) in [6.07, 6.45) is 0.596. The highest BCUT2D eigenvalue weighted by Gasteiger charge is 2.24. The maximum absolute atomic E-state index is 10.9. The van der Waals surface area contributed by atoms with Crippen molar-refractivity contribution in [3.8, 4) is 0 Å². The Bertz CT molecular complexity index is 182. The summed E-state index contributed by atoms with van der Waals surface area (Å²) in [5.74, 6) is -0.170. The molecule has 0 rings (SSSR count). The average Bonchev–Trinajstić information content (AvgIpc) is 2.27. The Kier molecular flexibility index (Phi) is 8.51. The van der Waals surface area contributed by atoms with E-state index in [1.165, 1.54) is 6.92 Å². The van der Waals surface area contributed by atoms with Crippen LogP contribution in [-0.4, -0.2) is 56.6 Å². The van der Waals surface area contributed by atoms with Gasteiger partial charge in [0.05, 0.1) is 0 Å². The molecule has 0 fully saturated rings. The number of esters is 1. The van der Waals surface area contributed by atoms with Gasteiger partial charge < -0.3 is 13.9 Å². The van der Waals surface area contributed by atoms with Crippen LogP contribution in [0.25, 0.3) is 0 Å². The minimum atomic E-state index is -1.30. The lowest BCUT2D eigenvalue weighted by atomic mass is 10.7. The highest BCUT2D eigenvalue weighted by molar-refractivity contribution is 6.52. The van der Waals surface area contributed by atoms with E-state index >= 15 is 0 Å². The largest absolute Gasteiger partial charge is 0.467 e. The Balaban J connectivity index is 4.52. The van der Waals surface area contributed by atoms with Gasteiger partial charge in [-0.2, -0.15) is 0 Å². The number of carbonyl (C=O) groups excluding carboxylic acids is 1. The fourth-order valence-electron chi connectivity index (χ4n) is 1.92. The first kappa shape index (κ1) is 15.6. The third-order valence-electron chi connectivity index (χ3n) is 2.90. The van der Waals surface area contributed by atoms with Crippen LogP contribution in [0.15, 0.2) is 0 Å². The normalized spacial score (nSPS) is 11.5. The van der Waals surface area contributed by atoms with Crippen LogP contribution in [0.4, 0.5) is 0 Å². The molecule has 0 aromatic heterocycles. The molecule has 0 aliphatic carbocycles. The maximum atomic E-state index is 10.9. The van der Waals surface area contributed by atoms with E-state index < -0.39 is 9.12 Å². The summed E-state index contributed by atoms with van der Waals surface area (Å²) in [6, 6.07) is 0. The topological polar surface area (TPSA) is 32.8 Å². The van der Waals surface area contributed by atoms with Crippen LogP contribution in [0.2, 0.25) is 0 Å². The van der Waals surface area contributed by atoms with E-state index in [0.717, 1.165) is 26.2 Å². The summed E-state index contributed by atoms with van der Waals surface area (Å²) in [7, 11) is -1.30. The molecule has 0 atom stereocenters. The predicted molar refractivity (Wildman–Crippen MR) is 69.6 cm³/mol. The van der Waals surface area contributed by atoms with Gasteiger partial charge in [-0.1, -0.05) is 27.7 Å². The van der Waals surface area contributed by atoms with Gasteiger partial charge in [-0.3, -0.25) is 4.79 Å². The van der Waals surface area contributed by atoms with Crippen molar-refractivity contribution >= 4 is 15.1 Å². The van der Waals surface area contributed by atoms with Crippen LogP contribution < -0.4 is 0 Å². The Morgan fingerprint density at radius 2 is 1.38 bits per heavy atom. The minimum Gasteiger partial charge on any atom is -0.467 e. The predicted octanol–water partition coefficient (Wildman–Crippen LogP) is 0.993. The lowest BCUT2D eigenvalue weighted by molar-refractivity contribution is -0.139. The highest BCUT2D eigenvalue weighted by atomic mass is 28.3.